The Morgan fingerprint density at radius 2 is 2.19 bits per heavy atom. The summed E-state index contributed by atoms with van der Waals surface area (Å²) in [5.41, 5.74) is 0. The first-order valence-corrected chi connectivity index (χ1v) is 7.34. The highest BCUT2D eigenvalue weighted by molar-refractivity contribution is 9.09. The van der Waals surface area contributed by atoms with Crippen LogP contribution >= 0.6 is 15.9 Å². The molecule has 1 aliphatic carbocycles. The Kier molecular flexibility index (Phi) is 5.00. The average molecular weight is 315 g/mol. The fourth-order valence-corrected chi connectivity index (χ4v) is 3.21. The fourth-order valence-electron chi connectivity index (χ4n) is 1.63. The summed E-state index contributed by atoms with van der Waals surface area (Å²) in [6, 6.07) is 0. The smallest absolute Gasteiger partial charge is 0.421 e. The fraction of sp³-hybridized carbons (Fsp3) is 0.875. The summed E-state index contributed by atoms with van der Waals surface area (Å²) in [7, 11) is -2.69. The first-order valence-electron chi connectivity index (χ1n) is 4.94. The number of methoxy groups -OCH3 is 1. The first kappa shape index (κ1) is 13.7. The third kappa shape index (κ3) is 4.26. The molecule has 1 rings (SSSR count). The van der Waals surface area contributed by atoms with Gasteiger partial charge in [-0.15, -0.1) is 0 Å². The van der Waals surface area contributed by atoms with Gasteiger partial charge in [0.1, 0.15) is 0 Å². The van der Waals surface area contributed by atoms with Crippen molar-refractivity contribution in [2.24, 2.45) is 5.92 Å². The summed E-state index contributed by atoms with van der Waals surface area (Å²) in [6.07, 6.45) is 2.13. The molecule has 1 aliphatic rings. The molecular weight excluding hydrogens is 300 g/mol. The van der Waals surface area contributed by atoms with Crippen LogP contribution in [0.2, 0.25) is 0 Å². The SMILES string of the molecule is COC(=O)NS(=O)(=O)NCC1CCCC1Br. The van der Waals surface area contributed by atoms with Gasteiger partial charge in [-0.1, -0.05) is 22.4 Å². The second-order valence-corrected chi connectivity index (χ2v) is 6.33. The lowest BCUT2D eigenvalue weighted by atomic mass is 10.1. The van der Waals surface area contributed by atoms with Crippen molar-refractivity contribution in [1.82, 2.24) is 9.44 Å². The summed E-state index contributed by atoms with van der Waals surface area (Å²) in [4.78, 5) is 11.1. The molecular formula is C8H15BrN2O4S. The molecule has 6 nitrogen and oxygen atoms in total. The zero-order valence-electron chi connectivity index (χ0n) is 8.90. The monoisotopic (exact) mass is 314 g/mol. The van der Waals surface area contributed by atoms with Crippen molar-refractivity contribution in [3.63, 3.8) is 0 Å². The van der Waals surface area contributed by atoms with Crippen LogP contribution in [-0.4, -0.2) is 33.0 Å². The van der Waals surface area contributed by atoms with Crippen molar-refractivity contribution in [3.8, 4) is 0 Å². The second kappa shape index (κ2) is 5.83. The predicted octanol–water partition coefficient (Wildman–Crippen LogP) is 0.740. The summed E-state index contributed by atoms with van der Waals surface area (Å²) < 4.78 is 30.9. The molecule has 2 N–H and O–H groups in total. The van der Waals surface area contributed by atoms with Crippen molar-refractivity contribution in [2.45, 2.75) is 24.1 Å². The van der Waals surface area contributed by atoms with E-state index in [1.54, 1.807) is 4.72 Å². The number of ether oxygens (including phenoxy) is 1. The highest BCUT2D eigenvalue weighted by Crippen LogP contribution is 2.30. The number of halogens is 1. The Bertz CT molecular complexity index is 346. The lowest BCUT2D eigenvalue weighted by Gasteiger charge is -2.14. The van der Waals surface area contributed by atoms with Crippen molar-refractivity contribution < 1.29 is 17.9 Å². The Labute approximate surface area is 103 Å². The maximum Gasteiger partial charge on any atom is 0.421 e. The third-order valence-corrected chi connectivity index (χ3v) is 4.69. The van der Waals surface area contributed by atoms with E-state index in [0.717, 1.165) is 26.4 Å². The van der Waals surface area contributed by atoms with Gasteiger partial charge in [0.05, 0.1) is 7.11 Å². The largest absolute Gasteiger partial charge is 0.452 e. The Hall–Kier alpha value is -0.340. The molecule has 0 spiro atoms. The number of carbonyl (C=O) groups is 1. The molecule has 0 aliphatic heterocycles. The molecule has 0 saturated heterocycles. The highest BCUT2D eigenvalue weighted by atomic mass is 79.9. The molecule has 0 aromatic carbocycles. The van der Waals surface area contributed by atoms with Gasteiger partial charge in [0.15, 0.2) is 0 Å². The van der Waals surface area contributed by atoms with E-state index in [1.807, 2.05) is 0 Å². The van der Waals surface area contributed by atoms with E-state index in [-0.39, 0.29) is 5.92 Å². The maximum atomic E-state index is 11.3. The van der Waals surface area contributed by atoms with Gasteiger partial charge in [-0.05, 0) is 18.8 Å². The molecule has 0 aromatic heterocycles. The van der Waals surface area contributed by atoms with E-state index in [0.29, 0.717) is 11.4 Å². The van der Waals surface area contributed by atoms with Crippen molar-refractivity contribution in [2.75, 3.05) is 13.7 Å². The predicted molar refractivity (Wildman–Crippen MR) is 62.5 cm³/mol. The summed E-state index contributed by atoms with van der Waals surface area (Å²) in [5.74, 6) is 0.272. The molecule has 16 heavy (non-hydrogen) atoms. The van der Waals surface area contributed by atoms with Crippen LogP contribution in [0.15, 0.2) is 0 Å². The molecule has 2 atom stereocenters. The summed E-state index contributed by atoms with van der Waals surface area (Å²) in [5, 5.41) is 0. The van der Waals surface area contributed by atoms with Crippen molar-refractivity contribution in [3.05, 3.63) is 0 Å². The van der Waals surface area contributed by atoms with Gasteiger partial charge in [0, 0.05) is 11.4 Å². The zero-order valence-corrected chi connectivity index (χ0v) is 11.3. The molecule has 1 amide bonds. The number of hydrogen-bond acceptors (Lipinski definition) is 4. The van der Waals surface area contributed by atoms with Crippen LogP contribution < -0.4 is 9.44 Å². The van der Waals surface area contributed by atoms with Crippen molar-refractivity contribution in [1.29, 1.82) is 0 Å². The number of rotatable bonds is 4. The zero-order chi connectivity index (χ0) is 12.2. The van der Waals surface area contributed by atoms with Crippen LogP contribution in [0.25, 0.3) is 0 Å². The highest BCUT2D eigenvalue weighted by Gasteiger charge is 2.26. The van der Waals surface area contributed by atoms with Gasteiger partial charge in [-0.3, -0.25) is 0 Å². The minimum absolute atomic E-state index is 0.272. The second-order valence-electron chi connectivity index (χ2n) is 3.65. The molecule has 94 valence electrons. The van der Waals surface area contributed by atoms with Crippen molar-refractivity contribution >= 4 is 32.2 Å². The van der Waals surface area contributed by atoms with Gasteiger partial charge in [0.25, 0.3) is 0 Å². The summed E-state index contributed by atoms with van der Waals surface area (Å²) >= 11 is 3.49. The minimum atomic E-state index is -3.80. The van der Waals surface area contributed by atoms with Crippen LogP contribution in [0, 0.1) is 5.92 Å². The Morgan fingerprint density at radius 3 is 2.69 bits per heavy atom. The molecule has 8 heteroatoms. The van der Waals surface area contributed by atoms with Crippen LogP contribution in [-0.2, 0) is 14.9 Å². The number of nitrogens with one attached hydrogen (secondary N) is 2. The lowest BCUT2D eigenvalue weighted by Crippen LogP contribution is -2.42. The van der Waals surface area contributed by atoms with E-state index in [9.17, 15) is 13.2 Å². The molecule has 0 heterocycles. The van der Waals surface area contributed by atoms with E-state index >= 15 is 0 Å². The first-order chi connectivity index (χ1) is 7.44. The number of amides is 1. The molecule has 2 unspecified atom stereocenters. The number of carbonyl (C=O) groups excluding carboxylic acids is 1. The molecule has 1 saturated carbocycles. The third-order valence-electron chi connectivity index (χ3n) is 2.50. The van der Waals surface area contributed by atoms with E-state index in [1.165, 1.54) is 0 Å². The quantitative estimate of drug-likeness (QED) is 0.750. The molecule has 0 aromatic rings. The van der Waals surface area contributed by atoms with Gasteiger partial charge in [-0.2, -0.15) is 13.1 Å². The van der Waals surface area contributed by atoms with Crippen LogP contribution in [0.1, 0.15) is 19.3 Å². The molecule has 0 radical (unpaired) electrons. The van der Waals surface area contributed by atoms with Gasteiger partial charge >= 0.3 is 16.3 Å². The average Bonchev–Trinajstić information content (AvgIpc) is 2.60. The van der Waals surface area contributed by atoms with Crippen LogP contribution in [0.5, 0.6) is 0 Å². The maximum absolute atomic E-state index is 11.3. The van der Waals surface area contributed by atoms with Gasteiger partial charge < -0.3 is 4.74 Å². The van der Waals surface area contributed by atoms with E-state index in [4.69, 9.17) is 0 Å². The number of alkyl halides is 1. The summed E-state index contributed by atoms with van der Waals surface area (Å²) in [6.45, 7) is 0.322. The van der Waals surface area contributed by atoms with Gasteiger partial charge in [0.2, 0.25) is 0 Å². The topological polar surface area (TPSA) is 84.5 Å². The Morgan fingerprint density at radius 1 is 1.50 bits per heavy atom. The normalized spacial score (nSPS) is 25.4. The molecule has 0 bridgehead atoms. The van der Waals surface area contributed by atoms with E-state index in [2.05, 4.69) is 25.4 Å². The van der Waals surface area contributed by atoms with Crippen LogP contribution in [0.3, 0.4) is 0 Å². The molecule has 1 fully saturated rings. The Balaban J connectivity index is 2.38. The van der Waals surface area contributed by atoms with Crippen LogP contribution in [0.4, 0.5) is 4.79 Å². The lowest BCUT2D eigenvalue weighted by molar-refractivity contribution is 0.177. The van der Waals surface area contributed by atoms with E-state index < -0.39 is 16.3 Å². The minimum Gasteiger partial charge on any atom is -0.452 e. The van der Waals surface area contributed by atoms with Gasteiger partial charge in [-0.25, -0.2) is 9.52 Å². The number of hydrogen-bond donors (Lipinski definition) is 2. The standard InChI is InChI=1S/C8H15BrN2O4S/c1-15-8(12)11-16(13,14)10-5-6-3-2-4-7(6)9/h6-7,10H,2-5H2,1H3,(H,11,12).